The van der Waals surface area contributed by atoms with Gasteiger partial charge in [-0.2, -0.15) is 0 Å². The number of carbonyl (C=O) groups is 1. The fraction of sp³-hybridized carbons (Fsp3) is 0. The van der Waals surface area contributed by atoms with Crippen LogP contribution in [-0.4, -0.2) is 6.09 Å². The lowest BCUT2D eigenvalue weighted by Crippen LogP contribution is -2.32. The fourth-order valence-electron chi connectivity index (χ4n) is 1.06. The molecule has 0 radical (unpaired) electrons. The van der Waals surface area contributed by atoms with Crippen molar-refractivity contribution in [1.82, 2.24) is 5.43 Å². The van der Waals surface area contributed by atoms with Crippen molar-refractivity contribution in [2.24, 2.45) is 5.84 Å². The first-order valence-corrected chi connectivity index (χ1v) is 5.27. The molecule has 0 heterocycles. The van der Waals surface area contributed by atoms with Crippen LogP contribution in [0.25, 0.3) is 0 Å². The highest BCUT2D eigenvalue weighted by Crippen LogP contribution is 2.07. The molecule has 1 amide bonds. The number of hydrogen-bond acceptors (Lipinski definition) is 3. The summed E-state index contributed by atoms with van der Waals surface area (Å²) in [6, 6.07) is 13.7. The molecule has 0 aliphatic rings. The predicted octanol–water partition coefficient (Wildman–Crippen LogP) is 2.61. The maximum absolute atomic E-state index is 11.9. The number of hydrogen-bond donors (Lipinski definition) is 2. The second-order valence-corrected chi connectivity index (χ2v) is 3.26. The minimum Gasteiger partial charge on any atom is -0.409 e. The van der Waals surface area contributed by atoms with Crippen molar-refractivity contribution in [1.29, 1.82) is 0 Å². The lowest BCUT2D eigenvalue weighted by molar-refractivity contribution is 0.200. The highest BCUT2D eigenvalue weighted by atomic mass is 19.2. The number of nitrogens with one attached hydrogen (secondary N) is 1. The molecule has 6 heteroatoms. The largest absolute Gasteiger partial charge is 0.426 e. The summed E-state index contributed by atoms with van der Waals surface area (Å²) in [6.07, 6.45) is -0.670. The van der Waals surface area contributed by atoms with Crippen LogP contribution in [0.3, 0.4) is 0 Å². The Bertz CT molecular complexity index is 500. The Morgan fingerprint density at radius 2 is 1.42 bits per heavy atom. The summed E-state index contributed by atoms with van der Waals surface area (Å²) in [6.45, 7) is 0. The Kier molecular flexibility index (Phi) is 5.97. The molecule has 4 nitrogen and oxygen atoms in total. The van der Waals surface area contributed by atoms with Crippen LogP contribution >= 0.6 is 0 Å². The predicted molar refractivity (Wildman–Crippen MR) is 66.1 cm³/mol. The minimum absolute atomic E-state index is 0.468. The van der Waals surface area contributed by atoms with Crippen LogP contribution < -0.4 is 16.0 Å². The first kappa shape index (κ1) is 14.6. The Balaban J connectivity index is 0.000000200. The normalized spacial score (nSPS) is 9.00. The van der Waals surface area contributed by atoms with E-state index in [1.165, 1.54) is 12.1 Å². The third kappa shape index (κ3) is 5.60. The number of para-hydroxylation sites is 1. The summed E-state index contributed by atoms with van der Waals surface area (Å²) in [4.78, 5) is 10.5. The molecule has 0 aliphatic carbocycles. The molecule has 19 heavy (non-hydrogen) atoms. The molecule has 0 aromatic heterocycles. The van der Waals surface area contributed by atoms with Gasteiger partial charge < -0.3 is 4.74 Å². The number of hydrazine groups is 1. The number of nitrogens with two attached hydrogens (primary N) is 1. The van der Waals surface area contributed by atoms with E-state index < -0.39 is 17.7 Å². The summed E-state index contributed by atoms with van der Waals surface area (Å²) < 4.78 is 28.6. The van der Waals surface area contributed by atoms with Gasteiger partial charge in [0.2, 0.25) is 0 Å². The Hall–Kier alpha value is -2.47. The molecule has 0 fully saturated rings. The monoisotopic (exact) mass is 266 g/mol. The van der Waals surface area contributed by atoms with Crippen molar-refractivity contribution in [3.63, 3.8) is 0 Å². The molecule has 100 valence electrons. The van der Waals surface area contributed by atoms with Gasteiger partial charge >= 0.3 is 6.09 Å². The van der Waals surface area contributed by atoms with Gasteiger partial charge in [-0.3, -0.25) is 5.43 Å². The van der Waals surface area contributed by atoms with E-state index in [0.29, 0.717) is 5.75 Å². The van der Waals surface area contributed by atoms with Gasteiger partial charge in [-0.1, -0.05) is 30.3 Å². The van der Waals surface area contributed by atoms with Gasteiger partial charge in [-0.25, -0.2) is 19.4 Å². The van der Waals surface area contributed by atoms with Gasteiger partial charge in [0, 0.05) is 0 Å². The molecule has 0 saturated heterocycles. The van der Waals surface area contributed by atoms with E-state index in [-0.39, 0.29) is 0 Å². The zero-order valence-electron chi connectivity index (χ0n) is 9.85. The highest BCUT2D eigenvalue weighted by molar-refractivity contribution is 5.69. The van der Waals surface area contributed by atoms with E-state index in [1.54, 1.807) is 24.3 Å². The Labute approximate surface area is 108 Å². The van der Waals surface area contributed by atoms with Crippen LogP contribution in [0.5, 0.6) is 5.75 Å². The Morgan fingerprint density at radius 1 is 0.947 bits per heavy atom. The zero-order valence-corrected chi connectivity index (χ0v) is 9.85. The van der Waals surface area contributed by atoms with Gasteiger partial charge in [0.15, 0.2) is 11.6 Å². The van der Waals surface area contributed by atoms with Gasteiger partial charge in [-0.05, 0) is 24.3 Å². The third-order valence-corrected chi connectivity index (χ3v) is 1.90. The van der Waals surface area contributed by atoms with Crippen molar-refractivity contribution in [3.05, 3.63) is 66.2 Å². The van der Waals surface area contributed by atoms with E-state index in [1.807, 2.05) is 11.5 Å². The first-order valence-electron chi connectivity index (χ1n) is 5.27. The van der Waals surface area contributed by atoms with Crippen LogP contribution in [0.15, 0.2) is 54.6 Å². The highest BCUT2D eigenvalue weighted by Gasteiger charge is 1.98. The average molecular weight is 266 g/mol. The van der Waals surface area contributed by atoms with E-state index in [2.05, 4.69) is 4.74 Å². The molecule has 2 rings (SSSR count). The molecule has 3 N–H and O–H groups in total. The number of carbonyl (C=O) groups excluding carboxylic acids is 1. The van der Waals surface area contributed by atoms with Crippen LogP contribution in [0.1, 0.15) is 0 Å². The van der Waals surface area contributed by atoms with E-state index in [0.717, 1.165) is 12.1 Å². The van der Waals surface area contributed by atoms with Crippen molar-refractivity contribution >= 4 is 6.09 Å². The second kappa shape index (κ2) is 7.78. The Morgan fingerprint density at radius 3 is 1.84 bits per heavy atom. The number of amides is 1. The second-order valence-electron chi connectivity index (χ2n) is 3.26. The maximum Gasteiger partial charge on any atom is 0.426 e. The van der Waals surface area contributed by atoms with Gasteiger partial charge in [0.1, 0.15) is 5.75 Å². The lowest BCUT2D eigenvalue weighted by atomic mass is 10.3. The van der Waals surface area contributed by atoms with Crippen LogP contribution in [0.2, 0.25) is 0 Å². The molecule has 0 atom stereocenters. The van der Waals surface area contributed by atoms with E-state index in [4.69, 9.17) is 5.84 Å². The van der Waals surface area contributed by atoms with Crippen molar-refractivity contribution in [2.45, 2.75) is 0 Å². The van der Waals surface area contributed by atoms with Crippen molar-refractivity contribution in [2.75, 3.05) is 0 Å². The van der Waals surface area contributed by atoms with Crippen molar-refractivity contribution < 1.29 is 18.3 Å². The first-order chi connectivity index (χ1) is 9.13. The molecule has 0 unspecified atom stereocenters. The molecule has 0 saturated carbocycles. The van der Waals surface area contributed by atoms with Gasteiger partial charge in [0.25, 0.3) is 0 Å². The number of ether oxygens (including phenoxy) is 1. The van der Waals surface area contributed by atoms with Crippen molar-refractivity contribution in [3.8, 4) is 5.75 Å². The zero-order chi connectivity index (χ0) is 14.1. The number of halogens is 2. The standard InChI is InChI=1S/C7H8N2O2.C6H4F2/c8-9-7(10)11-6-4-2-1-3-5-6;7-5-3-1-2-4-6(5)8/h1-5H,8H2,(H,9,10);1-4H. The number of rotatable bonds is 1. The maximum atomic E-state index is 11.9. The van der Waals surface area contributed by atoms with E-state index in [9.17, 15) is 13.6 Å². The SMILES string of the molecule is Fc1ccccc1F.NNC(=O)Oc1ccccc1. The summed E-state index contributed by atoms with van der Waals surface area (Å²) in [5, 5.41) is 0. The molecular weight excluding hydrogens is 254 g/mol. The molecule has 0 spiro atoms. The summed E-state index contributed by atoms with van der Waals surface area (Å²) in [5.74, 6) is 3.67. The van der Waals surface area contributed by atoms with Crippen LogP contribution in [0.4, 0.5) is 13.6 Å². The summed E-state index contributed by atoms with van der Waals surface area (Å²) >= 11 is 0. The molecule has 0 aliphatic heterocycles. The van der Waals surface area contributed by atoms with E-state index >= 15 is 0 Å². The lowest BCUT2D eigenvalue weighted by Gasteiger charge is -2.00. The number of benzene rings is 2. The molecule has 0 bridgehead atoms. The van der Waals surface area contributed by atoms with Gasteiger partial charge in [-0.15, -0.1) is 0 Å². The van der Waals surface area contributed by atoms with Crippen LogP contribution in [0, 0.1) is 11.6 Å². The quantitative estimate of drug-likeness (QED) is 0.474. The summed E-state index contributed by atoms with van der Waals surface area (Å²) in [5.41, 5.74) is 1.85. The average Bonchev–Trinajstić information content (AvgIpc) is 2.44. The van der Waals surface area contributed by atoms with Crippen LogP contribution in [-0.2, 0) is 0 Å². The third-order valence-electron chi connectivity index (χ3n) is 1.90. The molecular formula is C13H12F2N2O2. The van der Waals surface area contributed by atoms with Gasteiger partial charge in [0.05, 0.1) is 0 Å². The topological polar surface area (TPSA) is 64.3 Å². The minimum atomic E-state index is -0.799. The molecule has 2 aromatic rings. The fourth-order valence-corrected chi connectivity index (χ4v) is 1.06. The molecule has 2 aromatic carbocycles. The smallest absolute Gasteiger partial charge is 0.409 e. The summed E-state index contributed by atoms with van der Waals surface area (Å²) in [7, 11) is 0.